The number of hydrogen-bond acceptors (Lipinski definition) is 4. The van der Waals surface area contributed by atoms with Crippen LogP contribution in [0.15, 0.2) is 11.6 Å². The Morgan fingerprint density at radius 2 is 2.31 bits per heavy atom. The Labute approximate surface area is 99.9 Å². The van der Waals surface area contributed by atoms with E-state index in [-0.39, 0.29) is 0 Å². The number of nitrogens with one attached hydrogen (secondary N) is 1. The van der Waals surface area contributed by atoms with Crippen LogP contribution in [0.1, 0.15) is 11.4 Å². The number of rotatable bonds is 5. The minimum atomic E-state index is 0.886. The van der Waals surface area contributed by atoms with E-state index in [0.717, 1.165) is 30.3 Å². The van der Waals surface area contributed by atoms with Crippen LogP contribution in [-0.4, -0.2) is 41.5 Å². The van der Waals surface area contributed by atoms with Gasteiger partial charge in [-0.3, -0.25) is 4.40 Å². The molecule has 0 amide bonds. The number of thiazole rings is 1. The van der Waals surface area contributed by atoms with Gasteiger partial charge in [-0.2, -0.15) is 0 Å². The zero-order valence-corrected chi connectivity index (χ0v) is 10.8. The Morgan fingerprint density at radius 1 is 1.50 bits per heavy atom. The molecule has 5 heteroatoms. The van der Waals surface area contributed by atoms with Crippen LogP contribution in [0.2, 0.25) is 0 Å². The SMILES string of the molecule is Cc1nc2sccn2c1CNCCN(C)C. The highest BCUT2D eigenvalue weighted by atomic mass is 32.1. The van der Waals surface area contributed by atoms with Crippen LogP contribution in [0.5, 0.6) is 0 Å². The predicted molar refractivity (Wildman–Crippen MR) is 68.1 cm³/mol. The second-order valence-electron chi connectivity index (χ2n) is 4.18. The molecule has 1 N–H and O–H groups in total. The monoisotopic (exact) mass is 238 g/mol. The normalized spacial score (nSPS) is 11.8. The van der Waals surface area contributed by atoms with Crippen molar-refractivity contribution in [2.45, 2.75) is 13.5 Å². The van der Waals surface area contributed by atoms with Gasteiger partial charge in [-0.25, -0.2) is 4.98 Å². The first-order valence-corrected chi connectivity index (χ1v) is 6.33. The van der Waals surface area contributed by atoms with E-state index in [1.54, 1.807) is 11.3 Å². The fourth-order valence-electron chi connectivity index (χ4n) is 1.66. The van der Waals surface area contributed by atoms with Gasteiger partial charge in [-0.15, -0.1) is 11.3 Å². The first-order valence-electron chi connectivity index (χ1n) is 5.45. The molecular formula is C11H18N4S. The van der Waals surface area contributed by atoms with E-state index in [4.69, 9.17) is 0 Å². The minimum Gasteiger partial charge on any atom is -0.310 e. The van der Waals surface area contributed by atoms with Crippen LogP contribution >= 0.6 is 11.3 Å². The smallest absolute Gasteiger partial charge is 0.194 e. The summed E-state index contributed by atoms with van der Waals surface area (Å²) >= 11 is 1.68. The molecule has 0 aliphatic carbocycles. The minimum absolute atomic E-state index is 0.886. The lowest BCUT2D eigenvalue weighted by atomic mass is 10.3. The molecule has 2 rings (SSSR count). The lowest BCUT2D eigenvalue weighted by molar-refractivity contribution is 0.399. The predicted octanol–water partition coefficient (Wildman–Crippen LogP) is 1.36. The molecule has 0 saturated heterocycles. The van der Waals surface area contributed by atoms with Crippen molar-refractivity contribution < 1.29 is 0 Å². The van der Waals surface area contributed by atoms with Crippen LogP contribution in [0.4, 0.5) is 0 Å². The van der Waals surface area contributed by atoms with Crippen LogP contribution in [0, 0.1) is 6.92 Å². The summed E-state index contributed by atoms with van der Waals surface area (Å²) in [6.45, 7) is 5.02. The van der Waals surface area contributed by atoms with Crippen molar-refractivity contribution in [3.8, 4) is 0 Å². The Kier molecular flexibility index (Phi) is 3.58. The molecule has 2 heterocycles. The van der Waals surface area contributed by atoms with Gasteiger partial charge >= 0.3 is 0 Å². The van der Waals surface area contributed by atoms with Gasteiger partial charge in [0.1, 0.15) is 0 Å². The first kappa shape index (κ1) is 11.6. The van der Waals surface area contributed by atoms with Gasteiger partial charge in [0.15, 0.2) is 4.96 Å². The molecule has 88 valence electrons. The molecule has 0 aromatic carbocycles. The molecule has 0 aliphatic rings. The largest absolute Gasteiger partial charge is 0.310 e. The van der Waals surface area contributed by atoms with Gasteiger partial charge in [0.05, 0.1) is 11.4 Å². The highest BCUT2D eigenvalue weighted by Crippen LogP contribution is 2.16. The van der Waals surface area contributed by atoms with Crippen molar-refractivity contribution in [1.82, 2.24) is 19.6 Å². The van der Waals surface area contributed by atoms with Crippen LogP contribution < -0.4 is 5.32 Å². The van der Waals surface area contributed by atoms with Crippen LogP contribution in [0.25, 0.3) is 4.96 Å². The number of imidazole rings is 1. The first-order chi connectivity index (χ1) is 7.68. The Morgan fingerprint density at radius 3 is 3.06 bits per heavy atom. The van der Waals surface area contributed by atoms with Gasteiger partial charge in [-0.05, 0) is 21.0 Å². The lowest BCUT2D eigenvalue weighted by Gasteiger charge is -2.10. The quantitative estimate of drug-likeness (QED) is 0.798. The molecule has 16 heavy (non-hydrogen) atoms. The van der Waals surface area contributed by atoms with Gasteiger partial charge in [-0.1, -0.05) is 0 Å². The van der Waals surface area contributed by atoms with Crippen molar-refractivity contribution in [3.05, 3.63) is 23.0 Å². The van der Waals surface area contributed by atoms with Crippen molar-refractivity contribution in [2.75, 3.05) is 27.2 Å². The van der Waals surface area contributed by atoms with Gasteiger partial charge in [0.2, 0.25) is 0 Å². The summed E-state index contributed by atoms with van der Waals surface area (Å²) in [5.74, 6) is 0. The van der Waals surface area contributed by atoms with E-state index in [1.807, 2.05) is 0 Å². The Hall–Kier alpha value is -0.910. The van der Waals surface area contributed by atoms with E-state index >= 15 is 0 Å². The molecule has 2 aromatic heterocycles. The third kappa shape index (κ3) is 2.42. The summed E-state index contributed by atoms with van der Waals surface area (Å²) in [7, 11) is 4.17. The fraction of sp³-hybridized carbons (Fsp3) is 0.545. The molecule has 4 nitrogen and oxygen atoms in total. The van der Waals surface area contributed by atoms with Crippen molar-refractivity contribution in [1.29, 1.82) is 0 Å². The van der Waals surface area contributed by atoms with Gasteiger partial charge in [0.25, 0.3) is 0 Å². The second kappa shape index (κ2) is 4.95. The number of aryl methyl sites for hydroxylation is 1. The molecule has 2 aromatic rings. The highest BCUT2D eigenvalue weighted by molar-refractivity contribution is 7.15. The van der Waals surface area contributed by atoms with Crippen molar-refractivity contribution >= 4 is 16.3 Å². The highest BCUT2D eigenvalue weighted by Gasteiger charge is 2.08. The third-order valence-corrected chi connectivity index (χ3v) is 3.35. The fourth-order valence-corrected chi connectivity index (χ4v) is 2.44. The number of hydrogen-bond donors (Lipinski definition) is 1. The van der Waals surface area contributed by atoms with E-state index in [1.165, 1.54) is 5.69 Å². The van der Waals surface area contributed by atoms with Crippen LogP contribution in [0.3, 0.4) is 0 Å². The molecule has 0 radical (unpaired) electrons. The molecule has 0 spiro atoms. The van der Waals surface area contributed by atoms with Gasteiger partial charge < -0.3 is 10.2 Å². The average Bonchev–Trinajstić information content (AvgIpc) is 2.74. The third-order valence-electron chi connectivity index (χ3n) is 2.59. The van der Waals surface area contributed by atoms with E-state index in [2.05, 4.69) is 52.2 Å². The average molecular weight is 238 g/mol. The summed E-state index contributed by atoms with van der Waals surface area (Å²) in [6.07, 6.45) is 2.09. The van der Waals surface area contributed by atoms with E-state index in [0.29, 0.717) is 0 Å². The standard InChI is InChI=1S/C11H18N4S/c1-9-10(8-12-4-5-14(2)3)15-6-7-16-11(15)13-9/h6-7,12H,4-5,8H2,1-3H3. The van der Waals surface area contributed by atoms with Crippen LogP contribution in [-0.2, 0) is 6.54 Å². The summed E-state index contributed by atoms with van der Waals surface area (Å²) in [6, 6.07) is 0. The molecular weight excluding hydrogens is 220 g/mol. The Bertz CT molecular complexity index is 457. The molecule has 0 unspecified atom stereocenters. The van der Waals surface area contributed by atoms with Crippen molar-refractivity contribution in [3.63, 3.8) is 0 Å². The van der Waals surface area contributed by atoms with Gasteiger partial charge in [0, 0.05) is 31.2 Å². The number of fused-ring (bicyclic) bond motifs is 1. The lowest BCUT2D eigenvalue weighted by Crippen LogP contribution is -2.26. The maximum absolute atomic E-state index is 4.52. The zero-order chi connectivity index (χ0) is 11.5. The number of nitrogens with zero attached hydrogens (tertiary/aromatic N) is 3. The molecule has 0 bridgehead atoms. The summed E-state index contributed by atoms with van der Waals surface area (Å²) in [4.78, 5) is 7.78. The summed E-state index contributed by atoms with van der Waals surface area (Å²) < 4.78 is 2.17. The summed E-state index contributed by atoms with van der Waals surface area (Å²) in [5.41, 5.74) is 2.40. The van der Waals surface area contributed by atoms with E-state index in [9.17, 15) is 0 Å². The topological polar surface area (TPSA) is 32.6 Å². The second-order valence-corrected chi connectivity index (χ2v) is 5.05. The van der Waals surface area contributed by atoms with Crippen molar-refractivity contribution in [2.24, 2.45) is 0 Å². The maximum Gasteiger partial charge on any atom is 0.194 e. The molecule has 0 atom stereocenters. The summed E-state index contributed by atoms with van der Waals surface area (Å²) in [5, 5.41) is 5.52. The van der Waals surface area contributed by atoms with E-state index < -0.39 is 0 Å². The molecule has 0 saturated carbocycles. The number of aromatic nitrogens is 2. The number of likely N-dealkylation sites (N-methyl/N-ethyl adjacent to an activating group) is 1. The Balaban J connectivity index is 1.98. The zero-order valence-electron chi connectivity index (χ0n) is 10.0. The molecule has 0 fully saturated rings. The molecule has 0 aliphatic heterocycles. The maximum atomic E-state index is 4.52.